The van der Waals surface area contributed by atoms with E-state index in [9.17, 15) is 8.42 Å². The van der Waals surface area contributed by atoms with E-state index in [1.807, 2.05) is 12.1 Å². The van der Waals surface area contributed by atoms with E-state index in [1.54, 1.807) is 12.1 Å². The molecule has 2 N–H and O–H groups in total. The molecular formula is C19H32N4O3S. The van der Waals surface area contributed by atoms with Gasteiger partial charge >= 0.3 is 0 Å². The Morgan fingerprint density at radius 3 is 2.56 bits per heavy atom. The topological polar surface area (TPSA) is 83.0 Å². The van der Waals surface area contributed by atoms with Crippen LogP contribution < -0.4 is 10.0 Å². The SMILES string of the molecule is CCNC(=NCc1ccc(S(=O)(=O)NCCOC)cc1)N1CCC(C)(C)C1. The summed E-state index contributed by atoms with van der Waals surface area (Å²) >= 11 is 0. The Morgan fingerprint density at radius 2 is 2.00 bits per heavy atom. The van der Waals surface area contributed by atoms with Gasteiger partial charge in [-0.25, -0.2) is 18.1 Å². The number of ether oxygens (including phenoxy) is 1. The fourth-order valence-corrected chi connectivity index (χ4v) is 4.03. The van der Waals surface area contributed by atoms with Gasteiger partial charge in [0.25, 0.3) is 0 Å². The van der Waals surface area contributed by atoms with Gasteiger partial charge in [0.15, 0.2) is 5.96 Å². The number of aliphatic imine (C=N–C) groups is 1. The number of rotatable bonds is 8. The normalized spacial score (nSPS) is 17.3. The largest absolute Gasteiger partial charge is 0.383 e. The molecule has 0 bridgehead atoms. The predicted octanol–water partition coefficient (Wildman–Crippen LogP) is 1.81. The summed E-state index contributed by atoms with van der Waals surface area (Å²) in [6.07, 6.45) is 1.15. The van der Waals surface area contributed by atoms with Crippen LogP contribution in [0.2, 0.25) is 0 Å². The summed E-state index contributed by atoms with van der Waals surface area (Å²) in [4.78, 5) is 7.28. The molecule has 0 radical (unpaired) electrons. The third kappa shape index (κ3) is 6.48. The highest BCUT2D eigenvalue weighted by atomic mass is 32.2. The summed E-state index contributed by atoms with van der Waals surface area (Å²) in [6.45, 7) is 10.5. The zero-order chi connectivity index (χ0) is 19.9. The molecule has 1 aliphatic rings. The number of likely N-dealkylation sites (tertiary alicyclic amines) is 1. The molecule has 0 amide bonds. The van der Waals surface area contributed by atoms with Crippen LogP contribution in [0.1, 0.15) is 32.8 Å². The van der Waals surface area contributed by atoms with E-state index < -0.39 is 10.0 Å². The van der Waals surface area contributed by atoms with Crippen LogP contribution in [0.3, 0.4) is 0 Å². The van der Waals surface area contributed by atoms with E-state index in [0.717, 1.165) is 37.6 Å². The molecular weight excluding hydrogens is 364 g/mol. The Kier molecular flexibility index (Phi) is 7.64. The average Bonchev–Trinajstić information content (AvgIpc) is 2.99. The first-order valence-corrected chi connectivity index (χ1v) is 10.9. The van der Waals surface area contributed by atoms with Crippen LogP contribution in [-0.2, 0) is 21.3 Å². The smallest absolute Gasteiger partial charge is 0.240 e. The molecule has 1 saturated heterocycles. The maximum Gasteiger partial charge on any atom is 0.240 e. The molecule has 152 valence electrons. The molecule has 1 aromatic rings. The fourth-order valence-electron chi connectivity index (χ4n) is 3.02. The molecule has 0 spiro atoms. The summed E-state index contributed by atoms with van der Waals surface area (Å²) in [7, 11) is -1.97. The summed E-state index contributed by atoms with van der Waals surface area (Å²) < 4.78 is 31.8. The number of benzene rings is 1. The van der Waals surface area contributed by atoms with Crippen molar-refractivity contribution in [3.63, 3.8) is 0 Å². The van der Waals surface area contributed by atoms with Crippen molar-refractivity contribution in [1.29, 1.82) is 0 Å². The summed E-state index contributed by atoms with van der Waals surface area (Å²) in [5.74, 6) is 0.918. The van der Waals surface area contributed by atoms with Gasteiger partial charge in [-0.05, 0) is 36.5 Å². The second kappa shape index (κ2) is 9.52. The molecule has 8 heteroatoms. The highest BCUT2D eigenvalue weighted by Gasteiger charge is 2.30. The van der Waals surface area contributed by atoms with Crippen molar-refractivity contribution in [3.8, 4) is 0 Å². The van der Waals surface area contributed by atoms with Gasteiger partial charge in [0.1, 0.15) is 0 Å². The van der Waals surface area contributed by atoms with Crippen LogP contribution >= 0.6 is 0 Å². The second-order valence-electron chi connectivity index (χ2n) is 7.54. The van der Waals surface area contributed by atoms with Crippen molar-refractivity contribution < 1.29 is 13.2 Å². The Balaban J connectivity index is 2.02. The molecule has 0 unspecified atom stereocenters. The Hall–Kier alpha value is -1.64. The first kappa shape index (κ1) is 21.7. The average molecular weight is 397 g/mol. The maximum absolute atomic E-state index is 12.2. The highest BCUT2D eigenvalue weighted by molar-refractivity contribution is 7.89. The van der Waals surface area contributed by atoms with Crippen LogP contribution in [0.4, 0.5) is 0 Å². The quantitative estimate of drug-likeness (QED) is 0.398. The molecule has 1 aliphatic heterocycles. The van der Waals surface area contributed by atoms with Crippen LogP contribution in [0.5, 0.6) is 0 Å². The molecule has 27 heavy (non-hydrogen) atoms. The molecule has 0 aromatic heterocycles. The van der Waals surface area contributed by atoms with Gasteiger partial charge in [0.05, 0.1) is 18.0 Å². The van der Waals surface area contributed by atoms with Crippen LogP contribution in [0.15, 0.2) is 34.2 Å². The van der Waals surface area contributed by atoms with E-state index >= 15 is 0 Å². The molecule has 1 fully saturated rings. The Morgan fingerprint density at radius 1 is 1.30 bits per heavy atom. The van der Waals surface area contributed by atoms with Crippen LogP contribution in [0.25, 0.3) is 0 Å². The maximum atomic E-state index is 12.2. The third-order valence-corrected chi connectivity index (χ3v) is 6.03. The molecule has 1 aromatic carbocycles. The summed E-state index contributed by atoms with van der Waals surface area (Å²) in [5.41, 5.74) is 1.28. The van der Waals surface area contributed by atoms with E-state index in [4.69, 9.17) is 9.73 Å². The minimum atomic E-state index is -3.50. The lowest BCUT2D eigenvalue weighted by Gasteiger charge is -2.23. The summed E-state index contributed by atoms with van der Waals surface area (Å²) in [5, 5.41) is 3.36. The van der Waals surface area contributed by atoms with Crippen molar-refractivity contribution in [2.24, 2.45) is 10.4 Å². The second-order valence-corrected chi connectivity index (χ2v) is 9.31. The number of methoxy groups -OCH3 is 1. The van der Waals surface area contributed by atoms with Gasteiger partial charge in [-0.15, -0.1) is 0 Å². The van der Waals surface area contributed by atoms with E-state index in [2.05, 4.69) is 35.7 Å². The Bertz CT molecular complexity index is 730. The van der Waals surface area contributed by atoms with Gasteiger partial charge in [-0.3, -0.25) is 0 Å². The van der Waals surface area contributed by atoms with E-state index in [0.29, 0.717) is 18.6 Å². The predicted molar refractivity (Wildman–Crippen MR) is 108 cm³/mol. The number of sulfonamides is 1. The lowest BCUT2D eigenvalue weighted by molar-refractivity contribution is 0.204. The van der Waals surface area contributed by atoms with Crippen LogP contribution in [0, 0.1) is 5.41 Å². The fraction of sp³-hybridized carbons (Fsp3) is 0.632. The minimum absolute atomic E-state index is 0.250. The molecule has 0 atom stereocenters. The van der Waals surface area contributed by atoms with Crippen LogP contribution in [-0.4, -0.2) is 59.2 Å². The highest BCUT2D eigenvalue weighted by Crippen LogP contribution is 2.28. The zero-order valence-corrected chi connectivity index (χ0v) is 17.6. The zero-order valence-electron chi connectivity index (χ0n) is 16.8. The van der Waals surface area contributed by atoms with E-state index in [1.165, 1.54) is 7.11 Å². The standard InChI is InChI=1S/C19H32N4O3S/c1-5-20-18(23-12-10-19(2,3)15-23)21-14-16-6-8-17(9-7-16)27(24,25)22-11-13-26-4/h6-9,22H,5,10-15H2,1-4H3,(H,20,21). The molecule has 2 rings (SSSR count). The van der Waals surface area contributed by atoms with E-state index in [-0.39, 0.29) is 11.4 Å². The number of guanidine groups is 1. The summed E-state index contributed by atoms with van der Waals surface area (Å²) in [6, 6.07) is 6.86. The van der Waals surface area contributed by atoms with Crippen molar-refractivity contribution in [3.05, 3.63) is 29.8 Å². The first-order valence-electron chi connectivity index (χ1n) is 9.38. The number of hydrogen-bond acceptors (Lipinski definition) is 4. The minimum Gasteiger partial charge on any atom is -0.383 e. The third-order valence-electron chi connectivity index (χ3n) is 4.56. The van der Waals surface area contributed by atoms with Gasteiger partial charge in [-0.1, -0.05) is 26.0 Å². The number of hydrogen-bond donors (Lipinski definition) is 2. The van der Waals surface area contributed by atoms with Gasteiger partial charge in [0, 0.05) is 33.3 Å². The molecule has 7 nitrogen and oxygen atoms in total. The van der Waals surface area contributed by atoms with Crippen molar-refractivity contribution in [2.75, 3.05) is 39.9 Å². The van der Waals surface area contributed by atoms with Gasteiger partial charge in [0.2, 0.25) is 10.0 Å². The number of nitrogens with zero attached hydrogens (tertiary/aromatic N) is 2. The lowest BCUT2D eigenvalue weighted by atomic mass is 9.93. The monoisotopic (exact) mass is 396 g/mol. The Labute approximate surface area is 163 Å². The number of nitrogens with one attached hydrogen (secondary N) is 2. The van der Waals surface area contributed by atoms with Gasteiger partial charge < -0.3 is 15.0 Å². The van der Waals surface area contributed by atoms with Gasteiger partial charge in [-0.2, -0.15) is 0 Å². The molecule has 1 heterocycles. The lowest BCUT2D eigenvalue weighted by Crippen LogP contribution is -2.40. The molecule has 0 aliphatic carbocycles. The first-order chi connectivity index (χ1) is 12.8. The van der Waals surface area contributed by atoms with Crippen molar-refractivity contribution in [2.45, 2.75) is 38.6 Å². The van der Waals surface area contributed by atoms with Crippen molar-refractivity contribution in [1.82, 2.24) is 14.9 Å². The molecule has 0 saturated carbocycles. The van der Waals surface area contributed by atoms with Crippen molar-refractivity contribution >= 4 is 16.0 Å².